The normalized spacial score (nSPS) is 12.9. The first-order chi connectivity index (χ1) is 37.0. The minimum absolute atomic E-state index is 0. The third kappa shape index (κ3) is 16.8. The number of para-hydroxylation sites is 2. The summed E-state index contributed by atoms with van der Waals surface area (Å²) < 4.78 is 2.36. The van der Waals surface area contributed by atoms with Gasteiger partial charge in [-0.25, -0.2) is 4.85 Å². The Morgan fingerprint density at radius 1 is 0.713 bits per heavy atom. The maximum absolute atomic E-state index is 11.0. The first-order valence-electron chi connectivity index (χ1n) is 24.9. The van der Waals surface area contributed by atoms with Crippen LogP contribution in [0.4, 0.5) is 51.2 Å². The number of nitrogens with one attached hydrogen (secondary N) is 2. The van der Waals surface area contributed by atoms with Gasteiger partial charge in [0, 0.05) is 88.2 Å². The van der Waals surface area contributed by atoms with Gasteiger partial charge in [0.1, 0.15) is 30.2 Å². The van der Waals surface area contributed by atoms with Gasteiger partial charge in [-0.1, -0.05) is 104 Å². The number of aromatic nitrogens is 2. The number of nitrogens with zero attached hydrogens (tertiary/aromatic N) is 6. The minimum atomic E-state index is -0.623. The first kappa shape index (κ1) is 68.7. The maximum atomic E-state index is 11.0. The number of likely N-dealkylation sites (N-methyl/N-ethyl adjacent to an activating group) is 1. The number of nitrogens with two attached hydrogens (primary N) is 4. The van der Waals surface area contributed by atoms with Crippen molar-refractivity contribution >= 4 is 56.9 Å². The molecule has 80 heavy (non-hydrogen) atoms. The number of hydrogen-bond acceptors (Lipinski definition) is 16. The SMILES string of the molecule is CCCC.CCCC.CN1C(=CC2=[N+](C)c3ccccc3C2(C)C)C(C)(C)c2ccccc21.Cc1c(N)c(O)[nH]c(=O)c1C#N.Nc1cc([N+](=O)[O-])ccc1O.Nc1cc([N+](=O)[O-])ccc1O.[C-]#[N+]c1c(C)c(N)c(O)[nH]c1=O.[Co]. The van der Waals surface area contributed by atoms with Crippen molar-refractivity contribution in [2.75, 3.05) is 41.9 Å². The molecule has 0 unspecified atom stereocenters. The van der Waals surface area contributed by atoms with Crippen molar-refractivity contribution in [3.63, 3.8) is 0 Å². The third-order valence-electron chi connectivity index (χ3n) is 12.8. The molecule has 0 bridgehead atoms. The van der Waals surface area contributed by atoms with Crippen LogP contribution in [0.5, 0.6) is 23.3 Å². The van der Waals surface area contributed by atoms with Gasteiger partial charge in [0.2, 0.25) is 17.4 Å². The molecule has 6 aromatic rings. The average Bonchev–Trinajstić information content (AvgIpc) is 3.73. The molecule has 0 saturated carbocycles. The molecular formula is C57H73CoN12O10+. The molecule has 429 valence electrons. The molecule has 4 heterocycles. The van der Waals surface area contributed by atoms with Crippen molar-refractivity contribution in [3.05, 3.63) is 177 Å². The van der Waals surface area contributed by atoms with E-state index < -0.39 is 26.8 Å². The fourth-order valence-corrected chi connectivity index (χ4v) is 7.66. The van der Waals surface area contributed by atoms with Crippen LogP contribution >= 0.6 is 0 Å². The topological polar surface area (TPSA) is 371 Å². The number of fused-ring (bicyclic) bond motifs is 2. The second-order valence-corrected chi connectivity index (χ2v) is 18.9. The van der Waals surface area contributed by atoms with E-state index in [0.717, 1.165) is 12.1 Å². The summed E-state index contributed by atoms with van der Waals surface area (Å²) in [5.74, 6) is -1.06. The quantitative estimate of drug-likeness (QED) is 0.0191. The molecule has 23 heteroatoms. The van der Waals surface area contributed by atoms with Crippen LogP contribution in [0.1, 0.15) is 109 Å². The summed E-state index contributed by atoms with van der Waals surface area (Å²) in [5.41, 5.74) is 28.4. The van der Waals surface area contributed by atoms with Crippen LogP contribution in [0.3, 0.4) is 0 Å². The predicted octanol–water partition coefficient (Wildman–Crippen LogP) is 10.7. The number of nitriles is 1. The summed E-state index contributed by atoms with van der Waals surface area (Å²) in [6, 6.07) is 26.2. The predicted molar refractivity (Wildman–Crippen MR) is 313 cm³/mol. The Balaban J connectivity index is 0.000000504. The summed E-state index contributed by atoms with van der Waals surface area (Å²) in [6.45, 7) is 27.7. The molecule has 4 aromatic carbocycles. The van der Waals surface area contributed by atoms with E-state index in [9.17, 15) is 29.8 Å². The van der Waals surface area contributed by atoms with Crippen LogP contribution in [0, 0.1) is 52.0 Å². The number of non-ortho nitro benzene ring substituents is 2. The van der Waals surface area contributed by atoms with Crippen molar-refractivity contribution in [1.82, 2.24) is 9.97 Å². The Bertz CT molecular complexity index is 3280. The van der Waals surface area contributed by atoms with Crippen LogP contribution in [0.2, 0.25) is 0 Å². The van der Waals surface area contributed by atoms with Crippen LogP contribution in [-0.4, -0.2) is 64.6 Å². The molecule has 0 fully saturated rings. The van der Waals surface area contributed by atoms with Gasteiger partial charge in [-0.3, -0.25) is 34.8 Å². The number of allylic oxidation sites excluding steroid dienone is 2. The summed E-state index contributed by atoms with van der Waals surface area (Å²) in [6.07, 6.45) is 7.69. The maximum Gasteiger partial charge on any atom is 0.271 e. The largest absolute Gasteiger partial charge is 0.506 e. The van der Waals surface area contributed by atoms with Gasteiger partial charge in [0.25, 0.3) is 28.2 Å². The molecule has 0 saturated heterocycles. The fourth-order valence-electron chi connectivity index (χ4n) is 7.66. The van der Waals surface area contributed by atoms with Crippen molar-refractivity contribution in [3.8, 4) is 29.3 Å². The van der Waals surface area contributed by atoms with Crippen LogP contribution in [-0.2, 0) is 27.6 Å². The third-order valence-corrected chi connectivity index (χ3v) is 12.8. The number of nitro benzene ring substituents is 2. The number of nitro groups is 2. The Kier molecular flexibility index (Phi) is 26.3. The van der Waals surface area contributed by atoms with Crippen molar-refractivity contribution in [1.29, 1.82) is 5.26 Å². The molecule has 2 aliphatic rings. The number of aromatic hydroxyl groups is 4. The number of aromatic amines is 2. The zero-order valence-electron chi connectivity index (χ0n) is 47.1. The molecular weight excluding hydrogens is 1070 g/mol. The molecule has 14 N–H and O–H groups in total. The van der Waals surface area contributed by atoms with Crippen molar-refractivity contribution in [2.24, 2.45) is 0 Å². The van der Waals surface area contributed by atoms with Crippen molar-refractivity contribution in [2.45, 2.75) is 106 Å². The Morgan fingerprint density at radius 2 is 1.14 bits per heavy atom. The molecule has 0 spiro atoms. The minimum Gasteiger partial charge on any atom is -0.506 e. The van der Waals surface area contributed by atoms with Gasteiger partial charge < -0.3 is 53.2 Å². The summed E-state index contributed by atoms with van der Waals surface area (Å²) in [7, 11) is 4.38. The van der Waals surface area contributed by atoms with Gasteiger partial charge in [-0.2, -0.15) is 9.84 Å². The molecule has 0 aliphatic carbocycles. The number of rotatable bonds is 5. The number of benzene rings is 4. The number of phenolic OH excluding ortho intramolecular Hbond substituents is 2. The molecule has 2 aliphatic heterocycles. The van der Waals surface area contributed by atoms with E-state index in [4.69, 9.17) is 55.2 Å². The van der Waals surface area contributed by atoms with Gasteiger partial charge >= 0.3 is 0 Å². The van der Waals surface area contributed by atoms with Gasteiger partial charge in [0.15, 0.2) is 5.71 Å². The van der Waals surface area contributed by atoms with E-state index in [1.54, 1.807) is 6.07 Å². The molecule has 2 aromatic heterocycles. The van der Waals surface area contributed by atoms with E-state index in [1.807, 2.05) is 0 Å². The molecule has 22 nitrogen and oxygen atoms in total. The van der Waals surface area contributed by atoms with E-state index in [0.29, 0.717) is 11.1 Å². The summed E-state index contributed by atoms with van der Waals surface area (Å²) in [5, 5.41) is 64.6. The first-order valence-corrected chi connectivity index (χ1v) is 24.9. The van der Waals surface area contributed by atoms with Gasteiger partial charge in [-0.05, 0) is 57.0 Å². The number of nitrogen functional groups attached to an aromatic ring is 4. The second kappa shape index (κ2) is 30.6. The smallest absolute Gasteiger partial charge is 0.271 e. The summed E-state index contributed by atoms with van der Waals surface area (Å²) in [4.78, 5) is 50.5. The number of phenols is 2. The number of unbranched alkanes of at least 4 members (excludes halogenated alkanes) is 2. The van der Waals surface area contributed by atoms with Gasteiger partial charge in [-0.15, -0.1) is 0 Å². The zero-order chi connectivity index (χ0) is 60.3. The van der Waals surface area contributed by atoms with E-state index in [2.05, 4.69) is 148 Å². The van der Waals surface area contributed by atoms with Crippen LogP contribution in [0.15, 0.2) is 106 Å². The molecule has 8 rings (SSSR count). The van der Waals surface area contributed by atoms with E-state index in [-0.39, 0.29) is 90.4 Å². The van der Waals surface area contributed by atoms with Crippen LogP contribution in [0.25, 0.3) is 4.85 Å². The molecule has 0 atom stereocenters. The monoisotopic (exact) mass is 1140 g/mol. The Labute approximate surface area is 475 Å². The molecule has 0 amide bonds. The zero-order valence-corrected chi connectivity index (χ0v) is 48.1. The van der Waals surface area contributed by atoms with Crippen LogP contribution < -0.4 is 39.0 Å². The number of hydrogen-bond donors (Lipinski definition) is 10. The fraction of sp³-hybridized carbons (Fsp3) is 0.316. The Hall–Kier alpha value is -9.32. The van der Waals surface area contributed by atoms with E-state index >= 15 is 0 Å². The average molecular weight is 1150 g/mol. The Morgan fingerprint density at radius 3 is 1.54 bits per heavy atom. The van der Waals surface area contributed by atoms with Gasteiger partial charge in [0.05, 0.1) is 44.6 Å². The standard InChI is InChI=1S/C23H27N2.2C7H7N3O2.2C6H6N2O3.2C4H10.Co/c1-22(2)16-11-7-9-13-18(16)24(5)20(22)15-21-23(3,4)17-12-8-10-14-19(17)25(21)6;1-3-4(8)6(11)10-7(12)5(3)9-2;1-3-4(2-8)6(11)10-7(12)5(3)9;2*7-5-3-4(8(10)11)1-2-6(5)9;2*1-3-4-2;/h7-15H,1-6H3;8H2,1H3,(H2,10,11,12);9H2,1H3,(H2,10,11,12);2*1-3,9H,7H2;2*3-4H2,1-2H3;/q+1;;;;;;;. The summed E-state index contributed by atoms with van der Waals surface area (Å²) >= 11 is 0. The number of pyridine rings is 2. The van der Waals surface area contributed by atoms with E-state index in [1.165, 1.54) is 97.7 Å². The molecule has 1 radical (unpaired) electrons. The number of H-pyrrole nitrogens is 2. The van der Waals surface area contributed by atoms with Crippen molar-refractivity contribution < 1.29 is 51.6 Å². The number of anilines is 5. The second-order valence-electron chi connectivity index (χ2n) is 18.9.